The van der Waals surface area contributed by atoms with Gasteiger partial charge in [-0.1, -0.05) is 12.1 Å². The van der Waals surface area contributed by atoms with Crippen LogP contribution in [0.5, 0.6) is 23.0 Å². The summed E-state index contributed by atoms with van der Waals surface area (Å²) in [5.74, 6) is 2.81. The Morgan fingerprint density at radius 1 is 0.600 bits per heavy atom. The monoisotopic (exact) mass is 406 g/mol. The summed E-state index contributed by atoms with van der Waals surface area (Å²) < 4.78 is 25.0. The van der Waals surface area contributed by atoms with E-state index in [-0.39, 0.29) is 0 Å². The van der Waals surface area contributed by atoms with Crippen molar-refractivity contribution < 1.29 is 23.5 Å². The van der Waals surface area contributed by atoms with Gasteiger partial charge in [0.25, 0.3) is 0 Å². The average Bonchev–Trinajstić information content (AvgIpc) is 2.79. The fourth-order valence-corrected chi connectivity index (χ4v) is 3.54. The number of nitrogens with zero attached hydrogens (tertiary/aromatic N) is 1. The minimum absolute atomic E-state index is 0.703. The Bertz CT molecular complexity index is 937. The van der Waals surface area contributed by atoms with Gasteiger partial charge in [-0.3, -0.25) is 0 Å². The van der Waals surface area contributed by atoms with E-state index in [4.69, 9.17) is 18.9 Å². The van der Waals surface area contributed by atoms with E-state index < -0.39 is 0 Å². The molecular formula is C25H28NO4+. The van der Waals surface area contributed by atoms with Gasteiger partial charge in [0.1, 0.15) is 37.1 Å². The van der Waals surface area contributed by atoms with Gasteiger partial charge in [-0.2, -0.15) is 0 Å². The van der Waals surface area contributed by atoms with Crippen LogP contribution < -0.4 is 18.9 Å². The molecule has 1 aliphatic carbocycles. The Labute approximate surface area is 178 Å². The standard InChI is InChI=1S/C25H28NO4/c1-26(2)18-15-13-17(14-16-18)23(24-19(27-3)9-7-10-20(24)28-4)25-21(29-5)11-8-12-22(25)30-6/h7-16H,1-6H3/q+1. The average molecular weight is 407 g/mol. The molecule has 1 aliphatic rings. The van der Waals surface area contributed by atoms with Crippen molar-refractivity contribution in [1.29, 1.82) is 0 Å². The van der Waals surface area contributed by atoms with E-state index in [1.54, 1.807) is 28.4 Å². The molecule has 0 radical (unpaired) electrons. The van der Waals surface area contributed by atoms with Crippen LogP contribution in [0.3, 0.4) is 0 Å². The Kier molecular flexibility index (Phi) is 6.62. The van der Waals surface area contributed by atoms with E-state index >= 15 is 0 Å². The van der Waals surface area contributed by atoms with Crippen molar-refractivity contribution in [3.63, 3.8) is 0 Å². The van der Waals surface area contributed by atoms with Gasteiger partial charge in [0, 0.05) is 17.7 Å². The largest absolute Gasteiger partial charge is 0.496 e. The normalized spacial score (nSPS) is 12.6. The maximum atomic E-state index is 5.73. The molecule has 0 atom stereocenters. The van der Waals surface area contributed by atoms with Crippen molar-refractivity contribution in [1.82, 2.24) is 0 Å². The predicted octanol–water partition coefficient (Wildman–Crippen LogP) is 4.36. The van der Waals surface area contributed by atoms with Gasteiger partial charge >= 0.3 is 0 Å². The second kappa shape index (κ2) is 9.35. The SMILES string of the molecule is COc1cccc(OC)c1C(=C1C=CC(=[N+](C)C)C=C1)c1c(OC)cccc1OC. The third-order valence-corrected chi connectivity index (χ3v) is 5.03. The molecule has 0 heterocycles. The highest BCUT2D eigenvalue weighted by Crippen LogP contribution is 2.46. The lowest BCUT2D eigenvalue weighted by molar-refractivity contribution is -0.462. The highest BCUT2D eigenvalue weighted by atomic mass is 16.5. The van der Waals surface area contributed by atoms with Crippen molar-refractivity contribution in [3.8, 4) is 23.0 Å². The van der Waals surface area contributed by atoms with Crippen LogP contribution in [0, 0.1) is 0 Å². The summed E-state index contributed by atoms with van der Waals surface area (Å²) in [6.07, 6.45) is 8.34. The summed E-state index contributed by atoms with van der Waals surface area (Å²) in [6.45, 7) is 0. The number of hydrogen-bond donors (Lipinski definition) is 0. The zero-order chi connectivity index (χ0) is 21.7. The van der Waals surface area contributed by atoms with Crippen LogP contribution in [0.25, 0.3) is 5.57 Å². The molecule has 0 bridgehead atoms. The number of rotatable bonds is 6. The van der Waals surface area contributed by atoms with Gasteiger partial charge in [-0.25, -0.2) is 4.58 Å². The zero-order valence-electron chi connectivity index (χ0n) is 18.4. The second-order valence-corrected chi connectivity index (χ2v) is 6.89. The van der Waals surface area contributed by atoms with Crippen LogP contribution in [0.2, 0.25) is 0 Å². The van der Waals surface area contributed by atoms with Gasteiger partial charge in [-0.05, 0) is 42.0 Å². The molecule has 3 rings (SSSR count). The molecule has 0 saturated carbocycles. The molecule has 0 N–H and O–H groups in total. The Morgan fingerprint density at radius 3 is 1.27 bits per heavy atom. The molecular weight excluding hydrogens is 378 g/mol. The molecule has 0 amide bonds. The smallest absolute Gasteiger partial charge is 0.199 e. The predicted molar refractivity (Wildman–Crippen MR) is 121 cm³/mol. The van der Waals surface area contributed by atoms with Gasteiger partial charge in [-0.15, -0.1) is 0 Å². The summed E-state index contributed by atoms with van der Waals surface area (Å²) in [7, 11) is 10.7. The minimum atomic E-state index is 0.703. The summed E-state index contributed by atoms with van der Waals surface area (Å²) in [4.78, 5) is 0. The van der Waals surface area contributed by atoms with E-state index in [0.717, 1.165) is 28.0 Å². The van der Waals surface area contributed by atoms with Gasteiger partial charge in [0.15, 0.2) is 5.71 Å². The molecule has 2 aromatic rings. The van der Waals surface area contributed by atoms with Crippen molar-refractivity contribution in [2.24, 2.45) is 0 Å². The lowest BCUT2D eigenvalue weighted by Crippen LogP contribution is -2.10. The summed E-state index contributed by atoms with van der Waals surface area (Å²) in [5.41, 5.74) is 4.68. The first-order valence-electron chi connectivity index (χ1n) is 9.63. The van der Waals surface area contributed by atoms with Crippen LogP contribution in [0.15, 0.2) is 66.3 Å². The number of ether oxygens (including phenoxy) is 4. The molecule has 5 heteroatoms. The molecule has 0 saturated heterocycles. The Hall–Kier alpha value is -3.47. The van der Waals surface area contributed by atoms with Gasteiger partial charge < -0.3 is 18.9 Å². The zero-order valence-corrected chi connectivity index (χ0v) is 18.4. The maximum Gasteiger partial charge on any atom is 0.199 e. The molecule has 0 unspecified atom stereocenters. The highest BCUT2D eigenvalue weighted by molar-refractivity contribution is 6.04. The van der Waals surface area contributed by atoms with Crippen LogP contribution in [0.4, 0.5) is 0 Å². The van der Waals surface area contributed by atoms with E-state index in [1.165, 1.54) is 0 Å². The minimum Gasteiger partial charge on any atom is -0.496 e. The second-order valence-electron chi connectivity index (χ2n) is 6.89. The van der Waals surface area contributed by atoms with Crippen LogP contribution in [0.1, 0.15) is 11.1 Å². The highest BCUT2D eigenvalue weighted by Gasteiger charge is 2.25. The topological polar surface area (TPSA) is 39.9 Å². The van der Waals surface area contributed by atoms with E-state index in [0.29, 0.717) is 23.0 Å². The number of allylic oxidation sites excluding steroid dienone is 5. The molecule has 0 fully saturated rings. The third-order valence-electron chi connectivity index (χ3n) is 5.03. The molecule has 0 aliphatic heterocycles. The first kappa shape index (κ1) is 21.2. The lowest BCUT2D eigenvalue weighted by atomic mass is 9.88. The van der Waals surface area contributed by atoms with Gasteiger partial charge in [0.2, 0.25) is 0 Å². The van der Waals surface area contributed by atoms with Crippen LogP contribution >= 0.6 is 0 Å². The number of methoxy groups -OCH3 is 4. The summed E-state index contributed by atoms with van der Waals surface area (Å²) >= 11 is 0. The van der Waals surface area contributed by atoms with E-state index in [1.807, 2.05) is 50.5 Å². The van der Waals surface area contributed by atoms with Crippen molar-refractivity contribution in [3.05, 3.63) is 77.4 Å². The molecule has 30 heavy (non-hydrogen) atoms. The molecule has 0 spiro atoms. The first-order chi connectivity index (χ1) is 14.5. The first-order valence-corrected chi connectivity index (χ1v) is 9.63. The van der Waals surface area contributed by atoms with Crippen molar-refractivity contribution in [2.75, 3.05) is 42.5 Å². The summed E-state index contributed by atoms with van der Waals surface area (Å²) in [5, 5.41) is 0. The number of hydrogen-bond acceptors (Lipinski definition) is 4. The molecule has 0 aromatic heterocycles. The van der Waals surface area contributed by atoms with Crippen LogP contribution in [-0.2, 0) is 0 Å². The number of benzene rings is 2. The van der Waals surface area contributed by atoms with E-state index in [2.05, 4.69) is 28.9 Å². The molecule has 2 aromatic carbocycles. The molecule has 156 valence electrons. The van der Waals surface area contributed by atoms with Gasteiger partial charge in [0.05, 0.1) is 39.6 Å². The maximum absolute atomic E-state index is 5.73. The van der Waals surface area contributed by atoms with Crippen LogP contribution in [-0.4, -0.2) is 52.8 Å². The fourth-order valence-electron chi connectivity index (χ4n) is 3.54. The Morgan fingerprint density at radius 2 is 0.967 bits per heavy atom. The quantitative estimate of drug-likeness (QED) is 0.669. The van der Waals surface area contributed by atoms with Crippen molar-refractivity contribution >= 4 is 11.3 Å². The molecule has 5 nitrogen and oxygen atoms in total. The Balaban J connectivity index is 2.44. The third kappa shape index (κ3) is 3.96. The fraction of sp³-hybridized carbons (Fsp3) is 0.240. The summed E-state index contributed by atoms with van der Waals surface area (Å²) in [6, 6.07) is 11.5. The lowest BCUT2D eigenvalue weighted by Gasteiger charge is -2.22. The van der Waals surface area contributed by atoms with Crippen molar-refractivity contribution in [2.45, 2.75) is 0 Å². The van der Waals surface area contributed by atoms with E-state index in [9.17, 15) is 0 Å².